The molecule has 122 valence electrons. The maximum atomic E-state index is 12.0. The summed E-state index contributed by atoms with van der Waals surface area (Å²) in [6.07, 6.45) is 2.40. The zero-order valence-corrected chi connectivity index (χ0v) is 14.7. The lowest BCUT2D eigenvalue weighted by molar-refractivity contribution is -0.113. The number of amides is 1. The average Bonchev–Trinajstić information content (AvgIpc) is 3.15. The molecule has 8 heteroatoms. The molecule has 0 saturated carbocycles. The van der Waals surface area contributed by atoms with E-state index in [-0.39, 0.29) is 28.4 Å². The second-order valence-corrected chi connectivity index (χ2v) is 9.71. The van der Waals surface area contributed by atoms with Crippen molar-refractivity contribution < 1.29 is 13.2 Å². The van der Waals surface area contributed by atoms with Crippen LogP contribution in [0.5, 0.6) is 0 Å². The number of thioether (sulfide) groups is 1. The molecule has 1 aliphatic heterocycles. The molecule has 2 aromatic rings. The first-order valence-corrected chi connectivity index (χ1v) is 10.9. The van der Waals surface area contributed by atoms with E-state index in [1.54, 1.807) is 17.5 Å². The fourth-order valence-corrected chi connectivity index (χ4v) is 6.43. The Morgan fingerprint density at radius 3 is 2.74 bits per heavy atom. The van der Waals surface area contributed by atoms with Crippen molar-refractivity contribution in [2.75, 3.05) is 22.6 Å². The molecule has 1 atom stereocenters. The van der Waals surface area contributed by atoms with Crippen LogP contribution < -0.4 is 5.32 Å². The number of aromatic nitrogens is 1. The number of carbonyl (C=O) groups excluding carboxylic acids is 1. The van der Waals surface area contributed by atoms with Crippen LogP contribution in [0.4, 0.5) is 5.69 Å². The van der Waals surface area contributed by atoms with Crippen LogP contribution in [0.1, 0.15) is 6.42 Å². The van der Waals surface area contributed by atoms with Gasteiger partial charge >= 0.3 is 0 Å². The SMILES string of the molecule is O=C(CSC1CCS(=O)(=O)C1)Nc1ccc(-c2nccs2)cc1. The number of sulfone groups is 1. The van der Waals surface area contributed by atoms with E-state index in [0.717, 1.165) is 16.3 Å². The number of benzene rings is 1. The summed E-state index contributed by atoms with van der Waals surface area (Å²) in [6.45, 7) is 0. The van der Waals surface area contributed by atoms with E-state index in [0.29, 0.717) is 6.42 Å². The van der Waals surface area contributed by atoms with Crippen molar-refractivity contribution in [1.82, 2.24) is 4.98 Å². The van der Waals surface area contributed by atoms with E-state index in [1.807, 2.05) is 29.6 Å². The molecular weight excluding hydrogens is 352 g/mol. The van der Waals surface area contributed by atoms with E-state index in [1.165, 1.54) is 11.8 Å². The predicted molar refractivity (Wildman–Crippen MR) is 95.7 cm³/mol. The van der Waals surface area contributed by atoms with Gasteiger partial charge in [-0.1, -0.05) is 0 Å². The molecule has 1 aliphatic rings. The standard InChI is InChI=1S/C15H16N2O3S3/c18-14(9-22-13-5-8-23(19,20)10-13)17-12-3-1-11(2-4-12)15-16-6-7-21-15/h1-4,6-7,13H,5,8-10H2,(H,17,18). The first-order valence-electron chi connectivity index (χ1n) is 7.14. The number of anilines is 1. The molecule has 1 saturated heterocycles. The number of thiazole rings is 1. The van der Waals surface area contributed by atoms with Gasteiger partial charge in [0.25, 0.3) is 0 Å². The Morgan fingerprint density at radius 2 is 2.13 bits per heavy atom. The largest absolute Gasteiger partial charge is 0.325 e. The van der Waals surface area contributed by atoms with Gasteiger partial charge < -0.3 is 5.32 Å². The predicted octanol–water partition coefficient (Wildman–Crippen LogP) is 2.67. The van der Waals surface area contributed by atoms with E-state index >= 15 is 0 Å². The van der Waals surface area contributed by atoms with Crippen LogP contribution in [0.25, 0.3) is 10.6 Å². The highest BCUT2D eigenvalue weighted by Crippen LogP contribution is 2.25. The molecule has 23 heavy (non-hydrogen) atoms. The molecule has 1 amide bonds. The van der Waals surface area contributed by atoms with Gasteiger partial charge in [0.05, 0.1) is 17.3 Å². The van der Waals surface area contributed by atoms with Gasteiger partial charge in [-0.15, -0.1) is 23.1 Å². The maximum absolute atomic E-state index is 12.0. The smallest absolute Gasteiger partial charge is 0.234 e. The third kappa shape index (κ3) is 4.55. The van der Waals surface area contributed by atoms with Gasteiger partial charge in [-0.2, -0.15) is 0 Å². The van der Waals surface area contributed by atoms with E-state index in [2.05, 4.69) is 10.3 Å². The summed E-state index contributed by atoms with van der Waals surface area (Å²) in [6, 6.07) is 7.54. The minimum absolute atomic E-state index is 0.0398. The Morgan fingerprint density at radius 1 is 1.35 bits per heavy atom. The van der Waals surface area contributed by atoms with Crippen LogP contribution >= 0.6 is 23.1 Å². The van der Waals surface area contributed by atoms with Crippen LogP contribution in [0, 0.1) is 0 Å². The third-order valence-corrected chi connectivity index (χ3v) is 7.59. The summed E-state index contributed by atoms with van der Waals surface area (Å²) in [5.74, 6) is 0.591. The molecule has 5 nitrogen and oxygen atoms in total. The Kier molecular flexibility index (Phi) is 5.03. The summed E-state index contributed by atoms with van der Waals surface area (Å²) in [5, 5.41) is 5.74. The first kappa shape index (κ1) is 16.5. The third-order valence-electron chi connectivity index (χ3n) is 3.49. The average molecular weight is 369 g/mol. The van der Waals surface area contributed by atoms with Crippen molar-refractivity contribution >= 4 is 44.5 Å². The molecule has 0 aliphatic carbocycles. The van der Waals surface area contributed by atoms with Crippen molar-refractivity contribution in [2.45, 2.75) is 11.7 Å². The zero-order chi connectivity index (χ0) is 16.3. The second-order valence-electron chi connectivity index (χ2n) is 5.30. The maximum Gasteiger partial charge on any atom is 0.234 e. The Bertz CT molecular complexity index is 771. The Hall–Kier alpha value is -1.38. The highest BCUT2D eigenvalue weighted by molar-refractivity contribution is 8.02. The summed E-state index contributed by atoms with van der Waals surface area (Å²) in [7, 11) is -2.89. The fraction of sp³-hybridized carbons (Fsp3) is 0.333. The highest BCUT2D eigenvalue weighted by atomic mass is 32.2. The van der Waals surface area contributed by atoms with Gasteiger partial charge in [-0.3, -0.25) is 4.79 Å². The molecule has 1 aromatic heterocycles. The number of nitrogens with one attached hydrogen (secondary N) is 1. The van der Waals surface area contributed by atoms with Gasteiger partial charge in [0.1, 0.15) is 5.01 Å². The van der Waals surface area contributed by atoms with Crippen molar-refractivity contribution in [1.29, 1.82) is 0 Å². The van der Waals surface area contributed by atoms with Gasteiger partial charge in [0.15, 0.2) is 9.84 Å². The van der Waals surface area contributed by atoms with Gasteiger partial charge in [-0.25, -0.2) is 13.4 Å². The lowest BCUT2D eigenvalue weighted by Gasteiger charge is -2.08. The fourth-order valence-electron chi connectivity index (χ4n) is 2.35. The van der Waals surface area contributed by atoms with E-state index < -0.39 is 9.84 Å². The molecule has 0 spiro atoms. The number of carbonyl (C=O) groups is 1. The quantitative estimate of drug-likeness (QED) is 0.878. The lowest BCUT2D eigenvalue weighted by atomic mass is 10.2. The van der Waals surface area contributed by atoms with E-state index in [9.17, 15) is 13.2 Å². The molecule has 0 radical (unpaired) electrons. The van der Waals surface area contributed by atoms with Gasteiger partial charge in [-0.05, 0) is 30.7 Å². The molecule has 1 N–H and O–H groups in total. The number of nitrogens with zero attached hydrogens (tertiary/aromatic N) is 1. The zero-order valence-electron chi connectivity index (χ0n) is 12.3. The van der Waals surface area contributed by atoms with E-state index in [4.69, 9.17) is 0 Å². The molecule has 2 heterocycles. The molecule has 0 bridgehead atoms. The van der Waals surface area contributed by atoms with Crippen LogP contribution in [0.15, 0.2) is 35.8 Å². The molecule has 1 fully saturated rings. The van der Waals surface area contributed by atoms with Crippen LogP contribution in [0.3, 0.4) is 0 Å². The van der Waals surface area contributed by atoms with Crippen molar-refractivity contribution in [3.05, 3.63) is 35.8 Å². The first-order chi connectivity index (χ1) is 11.0. The van der Waals surface area contributed by atoms with Crippen LogP contribution in [0.2, 0.25) is 0 Å². The Labute approximate surface area is 143 Å². The normalized spacial score (nSPS) is 19.6. The Balaban J connectivity index is 1.50. The molecule has 3 rings (SSSR count). The summed E-state index contributed by atoms with van der Waals surface area (Å²) >= 11 is 2.98. The summed E-state index contributed by atoms with van der Waals surface area (Å²) in [5.41, 5.74) is 1.75. The van der Waals surface area contributed by atoms with Crippen LogP contribution in [-0.2, 0) is 14.6 Å². The number of hydrogen-bond acceptors (Lipinski definition) is 6. The molecule has 1 unspecified atom stereocenters. The summed E-state index contributed by atoms with van der Waals surface area (Å²) in [4.78, 5) is 16.2. The lowest BCUT2D eigenvalue weighted by Crippen LogP contribution is -2.17. The number of hydrogen-bond donors (Lipinski definition) is 1. The van der Waals surface area contributed by atoms with Crippen molar-refractivity contribution in [2.24, 2.45) is 0 Å². The molecular formula is C15H16N2O3S3. The number of rotatable bonds is 5. The van der Waals surface area contributed by atoms with Crippen LogP contribution in [-0.4, -0.2) is 41.8 Å². The van der Waals surface area contributed by atoms with Gasteiger partial charge in [0, 0.05) is 28.1 Å². The topological polar surface area (TPSA) is 76.1 Å². The molecule has 1 aromatic carbocycles. The van der Waals surface area contributed by atoms with Crippen molar-refractivity contribution in [3.63, 3.8) is 0 Å². The highest BCUT2D eigenvalue weighted by Gasteiger charge is 2.28. The monoisotopic (exact) mass is 368 g/mol. The minimum Gasteiger partial charge on any atom is -0.325 e. The minimum atomic E-state index is -2.89. The summed E-state index contributed by atoms with van der Waals surface area (Å²) < 4.78 is 22.8. The second kappa shape index (κ2) is 7.02. The van der Waals surface area contributed by atoms with Crippen molar-refractivity contribution in [3.8, 4) is 10.6 Å². The van der Waals surface area contributed by atoms with Gasteiger partial charge in [0.2, 0.25) is 5.91 Å².